The molecule has 0 radical (unpaired) electrons. The fourth-order valence-corrected chi connectivity index (χ4v) is 2.04. The highest BCUT2D eigenvalue weighted by molar-refractivity contribution is 6.44. The molecule has 0 aromatic heterocycles. The zero-order chi connectivity index (χ0) is 15.1. The van der Waals surface area contributed by atoms with E-state index < -0.39 is 0 Å². The van der Waals surface area contributed by atoms with Crippen molar-refractivity contribution >= 4 is 34.8 Å². The van der Waals surface area contributed by atoms with E-state index in [-0.39, 0.29) is 22.1 Å². The summed E-state index contributed by atoms with van der Waals surface area (Å²) in [5.41, 5.74) is 6.36. The molecule has 3 N–H and O–H groups in total. The molecule has 1 amide bonds. The van der Waals surface area contributed by atoms with Crippen LogP contribution in [0.3, 0.4) is 0 Å². The maximum absolute atomic E-state index is 12.0. The van der Waals surface area contributed by atoms with Crippen LogP contribution in [0.5, 0.6) is 0 Å². The third kappa shape index (κ3) is 5.57. The Kier molecular flexibility index (Phi) is 7.13. The number of anilines is 1. The standard InChI is InChI=1S/C14H20Cl2N2O2/c1-9(2)20-6-4-3-5-18-14(19)11-7-10(17)8-12(15)13(11)16/h7-9H,3-6,17H2,1-2H3,(H,18,19). The number of nitrogens with two attached hydrogens (primary N) is 1. The largest absolute Gasteiger partial charge is 0.399 e. The van der Waals surface area contributed by atoms with Gasteiger partial charge < -0.3 is 15.8 Å². The Bertz CT molecular complexity index is 465. The first-order valence-electron chi connectivity index (χ1n) is 6.56. The van der Waals surface area contributed by atoms with Gasteiger partial charge in [0, 0.05) is 18.8 Å². The number of hydrogen-bond acceptors (Lipinski definition) is 3. The number of halogens is 2. The number of benzene rings is 1. The van der Waals surface area contributed by atoms with Gasteiger partial charge in [-0.3, -0.25) is 4.79 Å². The molecular formula is C14H20Cl2N2O2. The Morgan fingerprint density at radius 1 is 1.35 bits per heavy atom. The zero-order valence-electron chi connectivity index (χ0n) is 11.7. The van der Waals surface area contributed by atoms with Gasteiger partial charge in [-0.2, -0.15) is 0 Å². The number of amides is 1. The first-order valence-corrected chi connectivity index (χ1v) is 7.31. The molecule has 20 heavy (non-hydrogen) atoms. The number of nitrogens with one attached hydrogen (secondary N) is 1. The van der Waals surface area contributed by atoms with Crippen LogP contribution in [0, 0.1) is 0 Å². The number of carbonyl (C=O) groups excluding carboxylic acids is 1. The Labute approximate surface area is 129 Å². The number of ether oxygens (including phenoxy) is 1. The summed E-state index contributed by atoms with van der Waals surface area (Å²) >= 11 is 11.9. The third-order valence-corrected chi connectivity index (χ3v) is 3.41. The fourth-order valence-electron chi connectivity index (χ4n) is 1.62. The molecule has 0 saturated carbocycles. The van der Waals surface area contributed by atoms with Crippen molar-refractivity contribution in [2.45, 2.75) is 32.8 Å². The Morgan fingerprint density at radius 2 is 2.05 bits per heavy atom. The molecule has 0 aliphatic heterocycles. The molecule has 0 fully saturated rings. The van der Waals surface area contributed by atoms with Crippen LogP contribution in [0.15, 0.2) is 12.1 Å². The van der Waals surface area contributed by atoms with Gasteiger partial charge in [0.25, 0.3) is 5.91 Å². The SMILES string of the molecule is CC(C)OCCCCNC(=O)c1cc(N)cc(Cl)c1Cl. The summed E-state index contributed by atoms with van der Waals surface area (Å²) in [4.78, 5) is 12.0. The maximum Gasteiger partial charge on any atom is 0.252 e. The molecular weight excluding hydrogens is 299 g/mol. The molecule has 6 heteroatoms. The van der Waals surface area contributed by atoms with Gasteiger partial charge in [0.1, 0.15) is 0 Å². The molecule has 1 aromatic rings. The first-order chi connectivity index (χ1) is 9.41. The second kappa shape index (κ2) is 8.35. The summed E-state index contributed by atoms with van der Waals surface area (Å²) in [6.07, 6.45) is 1.97. The van der Waals surface area contributed by atoms with Crippen molar-refractivity contribution in [2.24, 2.45) is 0 Å². The van der Waals surface area contributed by atoms with Crippen molar-refractivity contribution in [3.63, 3.8) is 0 Å². The Morgan fingerprint density at radius 3 is 2.70 bits per heavy atom. The van der Waals surface area contributed by atoms with Gasteiger partial charge in [0.05, 0.1) is 21.7 Å². The molecule has 0 heterocycles. The molecule has 1 aromatic carbocycles. The maximum atomic E-state index is 12.0. The van der Waals surface area contributed by atoms with E-state index in [2.05, 4.69) is 5.32 Å². The zero-order valence-corrected chi connectivity index (χ0v) is 13.2. The van der Waals surface area contributed by atoms with Crippen molar-refractivity contribution < 1.29 is 9.53 Å². The fraction of sp³-hybridized carbons (Fsp3) is 0.500. The van der Waals surface area contributed by atoms with Crippen molar-refractivity contribution in [1.82, 2.24) is 5.32 Å². The lowest BCUT2D eigenvalue weighted by Gasteiger charge is -2.10. The minimum absolute atomic E-state index is 0.224. The highest BCUT2D eigenvalue weighted by Gasteiger charge is 2.13. The highest BCUT2D eigenvalue weighted by atomic mass is 35.5. The van der Waals surface area contributed by atoms with Crippen LogP contribution >= 0.6 is 23.2 Å². The molecule has 0 bridgehead atoms. The third-order valence-electron chi connectivity index (χ3n) is 2.60. The van der Waals surface area contributed by atoms with E-state index in [1.165, 1.54) is 12.1 Å². The van der Waals surface area contributed by atoms with E-state index in [9.17, 15) is 4.79 Å². The van der Waals surface area contributed by atoms with Gasteiger partial charge in [-0.15, -0.1) is 0 Å². The van der Waals surface area contributed by atoms with Crippen LogP contribution in [0.2, 0.25) is 10.0 Å². The van der Waals surface area contributed by atoms with E-state index in [0.717, 1.165) is 12.8 Å². The molecule has 0 aliphatic rings. The summed E-state index contributed by atoms with van der Waals surface area (Å²) in [7, 11) is 0. The number of hydrogen-bond donors (Lipinski definition) is 2. The van der Waals surface area contributed by atoms with E-state index in [4.69, 9.17) is 33.7 Å². The molecule has 0 aliphatic carbocycles. The van der Waals surface area contributed by atoms with Crippen LogP contribution in [-0.2, 0) is 4.74 Å². The second-order valence-electron chi connectivity index (χ2n) is 4.75. The van der Waals surface area contributed by atoms with E-state index in [1.807, 2.05) is 13.8 Å². The normalized spacial score (nSPS) is 10.8. The summed E-state index contributed by atoms with van der Waals surface area (Å²) < 4.78 is 5.42. The van der Waals surface area contributed by atoms with E-state index in [0.29, 0.717) is 24.4 Å². The number of unbranched alkanes of at least 4 members (excludes halogenated alkanes) is 1. The smallest absolute Gasteiger partial charge is 0.252 e. The number of carbonyl (C=O) groups is 1. The van der Waals surface area contributed by atoms with Crippen LogP contribution < -0.4 is 11.1 Å². The monoisotopic (exact) mass is 318 g/mol. The Balaban J connectivity index is 2.40. The van der Waals surface area contributed by atoms with Crippen LogP contribution in [-0.4, -0.2) is 25.2 Å². The van der Waals surface area contributed by atoms with Crippen molar-refractivity contribution in [3.8, 4) is 0 Å². The van der Waals surface area contributed by atoms with Crippen molar-refractivity contribution in [1.29, 1.82) is 0 Å². The average molecular weight is 319 g/mol. The molecule has 112 valence electrons. The molecule has 1 rings (SSSR count). The lowest BCUT2D eigenvalue weighted by molar-refractivity contribution is 0.0754. The summed E-state index contributed by atoms with van der Waals surface area (Å²) in [5.74, 6) is -0.269. The van der Waals surface area contributed by atoms with Gasteiger partial charge in [-0.25, -0.2) is 0 Å². The molecule has 0 saturated heterocycles. The molecule has 4 nitrogen and oxygen atoms in total. The predicted octanol–water partition coefficient (Wildman–Crippen LogP) is 3.51. The predicted molar refractivity (Wildman–Crippen MR) is 83.5 cm³/mol. The average Bonchev–Trinajstić information content (AvgIpc) is 2.37. The van der Waals surface area contributed by atoms with Crippen LogP contribution in [0.1, 0.15) is 37.0 Å². The topological polar surface area (TPSA) is 64.3 Å². The van der Waals surface area contributed by atoms with E-state index >= 15 is 0 Å². The number of nitrogen functional groups attached to an aromatic ring is 1. The molecule has 0 atom stereocenters. The summed E-state index contributed by atoms with van der Waals surface area (Å²) in [5, 5.41) is 3.29. The van der Waals surface area contributed by atoms with Crippen LogP contribution in [0.4, 0.5) is 5.69 Å². The lowest BCUT2D eigenvalue weighted by atomic mass is 10.2. The van der Waals surface area contributed by atoms with E-state index in [1.54, 1.807) is 0 Å². The summed E-state index contributed by atoms with van der Waals surface area (Å²) in [6, 6.07) is 3.04. The second-order valence-corrected chi connectivity index (χ2v) is 5.53. The number of rotatable bonds is 7. The summed E-state index contributed by atoms with van der Waals surface area (Å²) in [6.45, 7) is 5.24. The molecule has 0 spiro atoms. The molecule has 0 unspecified atom stereocenters. The quantitative estimate of drug-likeness (QED) is 0.597. The highest BCUT2D eigenvalue weighted by Crippen LogP contribution is 2.28. The first kappa shape index (κ1) is 17.1. The lowest BCUT2D eigenvalue weighted by Crippen LogP contribution is -2.25. The van der Waals surface area contributed by atoms with Gasteiger partial charge in [0.15, 0.2) is 0 Å². The van der Waals surface area contributed by atoms with Gasteiger partial charge in [-0.1, -0.05) is 23.2 Å². The minimum Gasteiger partial charge on any atom is -0.399 e. The van der Waals surface area contributed by atoms with Gasteiger partial charge in [-0.05, 0) is 38.8 Å². The Hall–Kier alpha value is -0.970. The minimum atomic E-state index is -0.269. The van der Waals surface area contributed by atoms with Crippen molar-refractivity contribution in [3.05, 3.63) is 27.7 Å². The van der Waals surface area contributed by atoms with Crippen LogP contribution in [0.25, 0.3) is 0 Å². The van der Waals surface area contributed by atoms with Gasteiger partial charge >= 0.3 is 0 Å². The van der Waals surface area contributed by atoms with Gasteiger partial charge in [0.2, 0.25) is 0 Å². The van der Waals surface area contributed by atoms with Crippen molar-refractivity contribution in [2.75, 3.05) is 18.9 Å².